The fourth-order valence-electron chi connectivity index (χ4n) is 3.52. The third-order valence-electron chi connectivity index (χ3n) is 4.86. The summed E-state index contributed by atoms with van der Waals surface area (Å²) in [5, 5.41) is 3.85. The first-order valence-corrected chi connectivity index (χ1v) is 9.24. The van der Waals surface area contributed by atoms with E-state index >= 15 is 0 Å². The first kappa shape index (κ1) is 19.9. The van der Waals surface area contributed by atoms with Crippen molar-refractivity contribution in [1.29, 1.82) is 0 Å². The van der Waals surface area contributed by atoms with Gasteiger partial charge in [0.15, 0.2) is 0 Å². The predicted molar refractivity (Wildman–Crippen MR) is 107 cm³/mol. The highest BCUT2D eigenvalue weighted by Gasteiger charge is 2.32. The Bertz CT molecular complexity index is 1180. The van der Waals surface area contributed by atoms with Crippen molar-refractivity contribution in [2.24, 2.45) is 4.99 Å². The van der Waals surface area contributed by atoms with Crippen molar-refractivity contribution in [2.45, 2.75) is 27.1 Å². The van der Waals surface area contributed by atoms with Crippen LogP contribution in [0.5, 0.6) is 5.75 Å². The van der Waals surface area contributed by atoms with Crippen molar-refractivity contribution in [3.8, 4) is 28.6 Å². The highest BCUT2D eigenvalue weighted by Crippen LogP contribution is 2.34. The Morgan fingerprint density at radius 2 is 1.77 bits per heavy atom. The summed E-state index contributed by atoms with van der Waals surface area (Å²) in [4.78, 5) is 8.76. The van der Waals surface area contributed by atoms with Gasteiger partial charge in [0.25, 0.3) is 5.89 Å². The maximum absolute atomic E-state index is 12.7. The van der Waals surface area contributed by atoms with Gasteiger partial charge in [-0.3, -0.25) is 4.99 Å². The largest absolute Gasteiger partial charge is 0.573 e. The number of ether oxygens (including phenoxy) is 1. The fraction of sp³-hybridized carbons (Fsp3) is 0.227. The van der Waals surface area contributed by atoms with Gasteiger partial charge in [-0.05, 0) is 61.7 Å². The van der Waals surface area contributed by atoms with Crippen LogP contribution in [0.15, 0.2) is 57.6 Å². The van der Waals surface area contributed by atoms with Crippen molar-refractivity contribution in [3.63, 3.8) is 0 Å². The minimum Gasteiger partial charge on any atom is -0.405 e. The number of rotatable bonds is 4. The van der Waals surface area contributed by atoms with E-state index in [9.17, 15) is 13.2 Å². The number of nitrogens with zero attached hydrogens (tertiary/aromatic N) is 3. The average molecular weight is 413 g/mol. The number of aliphatic imine (C=N–C) groups is 1. The Balaban J connectivity index is 1.67. The molecule has 0 saturated carbocycles. The van der Waals surface area contributed by atoms with Crippen LogP contribution in [-0.4, -0.2) is 28.8 Å². The molecular formula is C22H18F3N3O2. The minimum absolute atomic E-state index is 0.0175. The van der Waals surface area contributed by atoms with Crippen molar-refractivity contribution >= 4 is 11.3 Å². The standard InChI is InChI=1S/C22H18F3N3O2/c1-12-10-15(8-9-16(12)19-13(2)11-26-14(19)3)21-27-20(28-30-21)17-6-4-5-7-18(17)29-22(23,24)25/h4-10H,11H2,1-3H3. The number of benzene rings is 2. The molecule has 0 spiro atoms. The molecule has 2 aromatic carbocycles. The zero-order chi connectivity index (χ0) is 21.5. The molecule has 154 valence electrons. The molecule has 8 heteroatoms. The van der Waals surface area contributed by atoms with Gasteiger partial charge in [0.05, 0.1) is 12.1 Å². The molecule has 2 heterocycles. The molecule has 0 atom stereocenters. The SMILES string of the molecule is CC1=NCC(C)=C1c1ccc(-c2nc(-c3ccccc3OC(F)(F)F)no2)cc1C. The van der Waals surface area contributed by atoms with E-state index in [0.717, 1.165) is 22.4 Å². The lowest BCUT2D eigenvalue weighted by Crippen LogP contribution is -2.17. The lowest BCUT2D eigenvalue weighted by molar-refractivity contribution is -0.274. The Morgan fingerprint density at radius 3 is 2.43 bits per heavy atom. The summed E-state index contributed by atoms with van der Waals surface area (Å²) in [7, 11) is 0. The number of hydrogen-bond acceptors (Lipinski definition) is 5. The summed E-state index contributed by atoms with van der Waals surface area (Å²) >= 11 is 0. The molecule has 4 rings (SSSR count). The second-order valence-corrected chi connectivity index (χ2v) is 7.05. The first-order valence-electron chi connectivity index (χ1n) is 9.24. The summed E-state index contributed by atoms with van der Waals surface area (Å²) in [6.07, 6.45) is -4.82. The number of alkyl halides is 3. The van der Waals surface area contributed by atoms with Gasteiger partial charge >= 0.3 is 6.36 Å². The molecule has 1 aliphatic rings. The zero-order valence-corrected chi connectivity index (χ0v) is 16.5. The Hall–Kier alpha value is -3.42. The zero-order valence-electron chi connectivity index (χ0n) is 16.5. The van der Waals surface area contributed by atoms with E-state index in [-0.39, 0.29) is 23.0 Å². The summed E-state index contributed by atoms with van der Waals surface area (Å²) in [6, 6.07) is 11.4. The Labute approximate surface area is 170 Å². The number of aryl methyl sites for hydroxylation is 1. The van der Waals surface area contributed by atoms with E-state index in [4.69, 9.17) is 4.52 Å². The number of para-hydroxylation sites is 1. The van der Waals surface area contributed by atoms with Gasteiger partial charge in [0.1, 0.15) is 5.75 Å². The van der Waals surface area contributed by atoms with Crippen molar-refractivity contribution in [1.82, 2.24) is 10.1 Å². The quantitative estimate of drug-likeness (QED) is 0.538. The van der Waals surface area contributed by atoms with Gasteiger partial charge in [0, 0.05) is 16.8 Å². The fourth-order valence-corrected chi connectivity index (χ4v) is 3.52. The number of halogens is 3. The topological polar surface area (TPSA) is 60.5 Å². The second-order valence-electron chi connectivity index (χ2n) is 7.05. The van der Waals surface area contributed by atoms with Crippen molar-refractivity contribution in [2.75, 3.05) is 6.54 Å². The number of allylic oxidation sites excluding steroid dienone is 1. The van der Waals surface area contributed by atoms with Crippen LogP contribution >= 0.6 is 0 Å². The van der Waals surface area contributed by atoms with E-state index in [1.807, 2.05) is 32.0 Å². The average Bonchev–Trinajstić information content (AvgIpc) is 3.28. The lowest BCUT2D eigenvalue weighted by Gasteiger charge is -2.11. The normalized spacial score (nSPS) is 14.3. The molecule has 3 aromatic rings. The van der Waals surface area contributed by atoms with E-state index in [1.54, 1.807) is 6.07 Å². The van der Waals surface area contributed by atoms with Crippen LogP contribution in [0.2, 0.25) is 0 Å². The van der Waals surface area contributed by atoms with Crippen LogP contribution in [0.25, 0.3) is 28.4 Å². The maximum Gasteiger partial charge on any atom is 0.573 e. The molecule has 0 aliphatic carbocycles. The second kappa shape index (κ2) is 7.44. The maximum atomic E-state index is 12.7. The van der Waals surface area contributed by atoms with Crippen LogP contribution in [-0.2, 0) is 0 Å². The Kier molecular flexibility index (Phi) is 4.93. The highest BCUT2D eigenvalue weighted by atomic mass is 19.4. The molecule has 0 saturated heterocycles. The molecule has 5 nitrogen and oxygen atoms in total. The van der Waals surface area contributed by atoms with Gasteiger partial charge in [-0.2, -0.15) is 4.98 Å². The molecule has 1 aromatic heterocycles. The van der Waals surface area contributed by atoms with Crippen LogP contribution in [0.1, 0.15) is 25.0 Å². The smallest absolute Gasteiger partial charge is 0.405 e. The third-order valence-corrected chi connectivity index (χ3v) is 4.86. The summed E-state index contributed by atoms with van der Waals surface area (Å²) in [5.74, 6) is -0.157. The molecule has 30 heavy (non-hydrogen) atoms. The number of aromatic nitrogens is 2. The van der Waals surface area contributed by atoms with E-state index in [0.29, 0.717) is 12.1 Å². The molecule has 0 fully saturated rings. The molecule has 0 amide bonds. The van der Waals surface area contributed by atoms with Crippen molar-refractivity contribution < 1.29 is 22.4 Å². The first-order chi connectivity index (χ1) is 14.2. The summed E-state index contributed by atoms with van der Waals surface area (Å²) in [5.41, 5.74) is 6.22. The van der Waals surface area contributed by atoms with E-state index in [1.165, 1.54) is 23.8 Å². The number of hydrogen-bond donors (Lipinski definition) is 0. The Morgan fingerprint density at radius 1 is 1.00 bits per heavy atom. The van der Waals surface area contributed by atoms with Crippen LogP contribution in [0, 0.1) is 6.92 Å². The van der Waals surface area contributed by atoms with E-state index < -0.39 is 6.36 Å². The third kappa shape index (κ3) is 3.85. The van der Waals surface area contributed by atoms with Crippen LogP contribution in [0.4, 0.5) is 13.2 Å². The van der Waals surface area contributed by atoms with Gasteiger partial charge in [-0.1, -0.05) is 23.4 Å². The van der Waals surface area contributed by atoms with Crippen molar-refractivity contribution in [3.05, 3.63) is 59.2 Å². The highest BCUT2D eigenvalue weighted by molar-refractivity contribution is 6.25. The molecular weight excluding hydrogens is 395 g/mol. The van der Waals surface area contributed by atoms with Crippen LogP contribution < -0.4 is 4.74 Å². The molecule has 0 unspecified atom stereocenters. The van der Waals surface area contributed by atoms with E-state index in [2.05, 4.69) is 26.8 Å². The molecule has 1 aliphatic heterocycles. The van der Waals surface area contributed by atoms with Gasteiger partial charge in [-0.15, -0.1) is 13.2 Å². The minimum atomic E-state index is -4.82. The molecule has 0 N–H and O–H groups in total. The monoisotopic (exact) mass is 413 g/mol. The lowest BCUT2D eigenvalue weighted by atomic mass is 9.93. The van der Waals surface area contributed by atoms with Gasteiger partial charge in [0.2, 0.25) is 5.82 Å². The molecule has 0 radical (unpaired) electrons. The van der Waals surface area contributed by atoms with Gasteiger partial charge in [-0.25, -0.2) is 0 Å². The van der Waals surface area contributed by atoms with Gasteiger partial charge < -0.3 is 9.26 Å². The predicted octanol–water partition coefficient (Wildman–Crippen LogP) is 5.86. The summed E-state index contributed by atoms with van der Waals surface area (Å²) < 4.78 is 47.4. The van der Waals surface area contributed by atoms with Crippen LogP contribution in [0.3, 0.4) is 0 Å². The molecule has 0 bridgehead atoms. The summed E-state index contributed by atoms with van der Waals surface area (Å²) in [6.45, 7) is 6.74.